The van der Waals surface area contributed by atoms with Crippen LogP contribution in [0.2, 0.25) is 0 Å². The summed E-state index contributed by atoms with van der Waals surface area (Å²) < 4.78 is 79.4. The van der Waals surface area contributed by atoms with Gasteiger partial charge in [-0.25, -0.2) is 0 Å². The van der Waals surface area contributed by atoms with E-state index in [2.05, 4.69) is 10.6 Å². The molecule has 2 aromatic rings. The molecule has 0 heterocycles. The van der Waals surface area contributed by atoms with Crippen molar-refractivity contribution in [1.82, 2.24) is 0 Å². The summed E-state index contributed by atoms with van der Waals surface area (Å²) in [4.78, 5) is 22.5. The number of hydrogen-bond acceptors (Lipinski definition) is 3. The van der Waals surface area contributed by atoms with Crippen LogP contribution in [0.5, 0.6) is 0 Å². The highest BCUT2D eigenvalue weighted by molar-refractivity contribution is 5.95. The van der Waals surface area contributed by atoms with Crippen molar-refractivity contribution in [2.24, 2.45) is 0 Å². The van der Waals surface area contributed by atoms with E-state index in [1.807, 2.05) is 0 Å². The molecule has 3 N–H and O–H groups in total. The number of nitrogens with one attached hydrogen (secondary N) is 2. The Hall–Kier alpha value is -3.08. The predicted octanol–water partition coefficient (Wildman–Crippen LogP) is 4.58. The Morgan fingerprint density at radius 1 is 0.800 bits per heavy atom. The molecule has 0 aliphatic rings. The Labute approximate surface area is 166 Å². The molecular weight excluding hydrogens is 418 g/mol. The lowest BCUT2D eigenvalue weighted by Crippen LogP contribution is -2.53. The molecule has 11 heteroatoms. The van der Waals surface area contributed by atoms with Crippen LogP contribution in [0, 0.1) is 0 Å². The normalized spacial score (nSPS) is 12.4. The number of carbonyl (C=O) groups is 2. The molecule has 0 atom stereocenters. The van der Waals surface area contributed by atoms with Crippen LogP contribution in [-0.4, -0.2) is 29.3 Å². The van der Waals surface area contributed by atoms with Crippen LogP contribution >= 0.6 is 0 Å². The van der Waals surface area contributed by atoms with Crippen LogP contribution in [-0.2, 0) is 15.2 Å². The topological polar surface area (TPSA) is 78.4 Å². The molecule has 0 bridgehead atoms. The highest BCUT2D eigenvalue weighted by Gasteiger charge is 2.71. The fraction of sp³-hybridized carbons (Fsp3) is 0.263. The minimum Gasteiger partial charge on any atom is -0.369 e. The first-order chi connectivity index (χ1) is 13.7. The van der Waals surface area contributed by atoms with E-state index in [9.17, 15) is 41.0 Å². The van der Waals surface area contributed by atoms with E-state index in [0.29, 0.717) is 17.8 Å². The number of rotatable bonds is 4. The predicted molar refractivity (Wildman–Crippen MR) is 96.5 cm³/mol. The minimum atomic E-state index is -6.05. The average Bonchev–Trinajstić information content (AvgIpc) is 2.59. The Morgan fingerprint density at radius 2 is 1.30 bits per heavy atom. The minimum absolute atomic E-state index is 0.0646. The number of hydrogen-bond donors (Lipinski definition) is 3. The summed E-state index contributed by atoms with van der Waals surface area (Å²) in [6.45, 7) is 2.36. The van der Waals surface area contributed by atoms with Crippen molar-refractivity contribution in [1.29, 1.82) is 0 Å². The second-order valence-electron chi connectivity index (χ2n) is 6.41. The molecule has 0 saturated carbocycles. The van der Waals surface area contributed by atoms with Crippen molar-refractivity contribution in [3.63, 3.8) is 0 Å². The Balaban J connectivity index is 2.68. The number of halogens is 6. The van der Waals surface area contributed by atoms with Gasteiger partial charge in [0.05, 0.1) is 0 Å². The van der Waals surface area contributed by atoms with Crippen LogP contribution in [0.25, 0.3) is 11.1 Å². The number of aliphatic hydroxyl groups is 1. The molecule has 2 amide bonds. The molecule has 0 fully saturated rings. The summed E-state index contributed by atoms with van der Waals surface area (Å²) in [7, 11) is 0. The molecule has 0 saturated heterocycles. The van der Waals surface area contributed by atoms with Gasteiger partial charge in [-0.15, -0.1) is 0 Å². The molecule has 5 nitrogen and oxygen atoms in total. The van der Waals surface area contributed by atoms with Gasteiger partial charge in [-0.1, -0.05) is 18.2 Å². The van der Waals surface area contributed by atoms with Crippen molar-refractivity contribution >= 4 is 23.2 Å². The van der Waals surface area contributed by atoms with Crippen molar-refractivity contribution in [2.45, 2.75) is 31.8 Å². The zero-order valence-corrected chi connectivity index (χ0v) is 15.6. The fourth-order valence-electron chi connectivity index (χ4n) is 2.73. The quantitative estimate of drug-likeness (QED) is 0.617. The number of benzene rings is 2. The van der Waals surface area contributed by atoms with E-state index in [-0.39, 0.29) is 22.7 Å². The largest absolute Gasteiger partial charge is 0.430 e. The standard InChI is InChI=1S/C19H16F6N2O3/c1-10(28)26-14-6-3-12(4-7-14)15-9-13(5-8-16(15)27-11(2)29)17(30,18(20,21)22)19(23,24)25/h3-9,30H,1-2H3,(H,26,28)(H,27,29). The summed E-state index contributed by atoms with van der Waals surface area (Å²) in [6, 6.07) is 7.21. The third kappa shape index (κ3) is 4.56. The van der Waals surface area contributed by atoms with Gasteiger partial charge in [0.25, 0.3) is 5.60 Å². The maximum Gasteiger partial charge on any atom is 0.430 e. The van der Waals surface area contributed by atoms with Gasteiger partial charge in [-0.05, 0) is 29.8 Å². The second-order valence-corrected chi connectivity index (χ2v) is 6.41. The molecule has 0 aromatic heterocycles. The number of amides is 2. The van der Waals surface area contributed by atoms with E-state index in [4.69, 9.17) is 0 Å². The number of anilines is 2. The third-order valence-electron chi connectivity index (χ3n) is 4.08. The van der Waals surface area contributed by atoms with Crippen LogP contribution in [0.15, 0.2) is 42.5 Å². The monoisotopic (exact) mass is 434 g/mol. The Bertz CT molecular complexity index is 938. The fourth-order valence-corrected chi connectivity index (χ4v) is 2.73. The summed E-state index contributed by atoms with van der Waals surface area (Å²) in [5.74, 6) is -0.995. The van der Waals surface area contributed by atoms with Crippen LogP contribution in [0.4, 0.5) is 37.7 Å². The Kier molecular flexibility index (Phi) is 6.17. The lowest BCUT2D eigenvalue weighted by molar-refractivity contribution is -0.376. The van der Waals surface area contributed by atoms with Gasteiger partial charge in [-0.3, -0.25) is 9.59 Å². The molecule has 0 aliphatic carbocycles. The second kappa shape index (κ2) is 7.98. The first kappa shape index (κ1) is 23.2. The van der Waals surface area contributed by atoms with Gasteiger partial charge >= 0.3 is 12.4 Å². The first-order valence-electron chi connectivity index (χ1n) is 8.33. The first-order valence-corrected chi connectivity index (χ1v) is 8.33. The van der Waals surface area contributed by atoms with Crippen molar-refractivity contribution in [3.8, 4) is 11.1 Å². The molecule has 30 heavy (non-hydrogen) atoms. The van der Waals surface area contributed by atoms with E-state index in [1.54, 1.807) is 0 Å². The molecule has 2 aromatic carbocycles. The van der Waals surface area contributed by atoms with E-state index >= 15 is 0 Å². The molecule has 0 radical (unpaired) electrons. The third-order valence-corrected chi connectivity index (χ3v) is 4.08. The smallest absolute Gasteiger partial charge is 0.369 e. The molecular formula is C19H16F6N2O3. The zero-order chi connectivity index (χ0) is 22.9. The van der Waals surface area contributed by atoms with Crippen molar-refractivity contribution < 1.29 is 41.0 Å². The highest BCUT2D eigenvalue weighted by Crippen LogP contribution is 2.51. The van der Waals surface area contributed by atoms with E-state index in [1.165, 1.54) is 31.2 Å². The summed E-state index contributed by atoms with van der Waals surface area (Å²) >= 11 is 0. The summed E-state index contributed by atoms with van der Waals surface area (Å²) in [5, 5.41) is 14.4. The number of carbonyl (C=O) groups excluding carboxylic acids is 2. The SMILES string of the molecule is CC(=O)Nc1ccc(-c2cc(C(O)(C(F)(F)F)C(F)(F)F)ccc2NC(C)=O)cc1. The van der Waals surface area contributed by atoms with Crippen LogP contribution in [0.3, 0.4) is 0 Å². The summed E-state index contributed by atoms with van der Waals surface area (Å²) in [5.41, 5.74) is -6.35. The average molecular weight is 434 g/mol. The van der Waals surface area contributed by atoms with E-state index in [0.717, 1.165) is 13.0 Å². The number of alkyl halides is 6. The molecule has 0 spiro atoms. The van der Waals surface area contributed by atoms with Crippen molar-refractivity contribution in [2.75, 3.05) is 10.6 Å². The van der Waals surface area contributed by atoms with Gasteiger partial charge < -0.3 is 15.7 Å². The molecule has 0 aliphatic heterocycles. The lowest BCUT2D eigenvalue weighted by atomic mass is 9.89. The van der Waals surface area contributed by atoms with Gasteiger partial charge in [-0.2, -0.15) is 26.3 Å². The van der Waals surface area contributed by atoms with Gasteiger partial charge in [0.15, 0.2) is 0 Å². The van der Waals surface area contributed by atoms with Gasteiger partial charge in [0, 0.05) is 36.3 Å². The van der Waals surface area contributed by atoms with Gasteiger partial charge in [0.2, 0.25) is 11.8 Å². The van der Waals surface area contributed by atoms with Crippen LogP contribution < -0.4 is 10.6 Å². The molecule has 2 rings (SSSR count). The van der Waals surface area contributed by atoms with Gasteiger partial charge in [0.1, 0.15) is 0 Å². The Morgan fingerprint density at radius 3 is 1.73 bits per heavy atom. The maximum atomic E-state index is 13.2. The lowest BCUT2D eigenvalue weighted by Gasteiger charge is -2.33. The van der Waals surface area contributed by atoms with Crippen LogP contribution in [0.1, 0.15) is 19.4 Å². The maximum absolute atomic E-state index is 13.2. The zero-order valence-electron chi connectivity index (χ0n) is 15.6. The molecule has 162 valence electrons. The molecule has 0 unspecified atom stereocenters. The van der Waals surface area contributed by atoms with Crippen molar-refractivity contribution in [3.05, 3.63) is 48.0 Å². The summed E-state index contributed by atoms with van der Waals surface area (Å²) in [6.07, 6.45) is -12.1. The van der Waals surface area contributed by atoms with E-state index < -0.39 is 29.4 Å². The highest BCUT2D eigenvalue weighted by atomic mass is 19.4.